The van der Waals surface area contributed by atoms with Crippen molar-refractivity contribution in [2.45, 2.75) is 20.3 Å². The van der Waals surface area contributed by atoms with Gasteiger partial charge in [0.1, 0.15) is 0 Å². The first-order valence-corrected chi connectivity index (χ1v) is 6.03. The second kappa shape index (κ2) is 4.86. The fraction of sp³-hybridized carbons (Fsp3) is 0.214. The van der Waals surface area contributed by atoms with E-state index in [0.29, 0.717) is 5.02 Å². The molecule has 0 aliphatic heterocycles. The Balaban J connectivity index is 2.56. The van der Waals surface area contributed by atoms with Gasteiger partial charge < -0.3 is 9.67 Å². The smallest absolute Gasteiger partial charge is 0.307 e. The normalized spacial score (nSPS) is 10.6. The van der Waals surface area contributed by atoms with Crippen molar-refractivity contribution in [3.63, 3.8) is 0 Å². The highest BCUT2D eigenvalue weighted by Crippen LogP contribution is 2.26. The van der Waals surface area contributed by atoms with Crippen LogP contribution in [0.15, 0.2) is 30.3 Å². The topological polar surface area (TPSA) is 42.2 Å². The average Bonchev–Trinajstić information content (AvgIpc) is 2.55. The zero-order chi connectivity index (χ0) is 13.3. The lowest BCUT2D eigenvalue weighted by Gasteiger charge is -2.11. The molecule has 0 atom stereocenters. The predicted molar refractivity (Wildman–Crippen MR) is 71.6 cm³/mol. The van der Waals surface area contributed by atoms with Crippen LogP contribution in [0.5, 0.6) is 0 Å². The summed E-state index contributed by atoms with van der Waals surface area (Å²) in [6.07, 6.45) is 0.0319. The van der Waals surface area contributed by atoms with E-state index in [0.717, 1.165) is 22.6 Å². The van der Waals surface area contributed by atoms with Gasteiger partial charge in [-0.2, -0.15) is 0 Å². The molecule has 2 rings (SSSR count). The minimum Gasteiger partial charge on any atom is -0.481 e. The molecule has 0 saturated heterocycles. The first-order chi connectivity index (χ1) is 8.50. The summed E-state index contributed by atoms with van der Waals surface area (Å²) in [6, 6.07) is 9.43. The summed E-state index contributed by atoms with van der Waals surface area (Å²) in [7, 11) is 0. The number of carbonyl (C=O) groups is 1. The molecule has 0 spiro atoms. The van der Waals surface area contributed by atoms with E-state index in [1.807, 2.05) is 48.7 Å². The molecular formula is C14H14ClNO2. The third-order valence-electron chi connectivity index (χ3n) is 2.97. The highest BCUT2D eigenvalue weighted by atomic mass is 35.5. The van der Waals surface area contributed by atoms with Crippen molar-refractivity contribution in [3.05, 3.63) is 52.3 Å². The Morgan fingerprint density at radius 1 is 1.33 bits per heavy atom. The minimum absolute atomic E-state index is 0.0319. The SMILES string of the molecule is Cc1cc(CC(=O)O)c(C)n1-c1ccccc1Cl. The van der Waals surface area contributed by atoms with E-state index in [-0.39, 0.29) is 6.42 Å². The van der Waals surface area contributed by atoms with Crippen molar-refractivity contribution in [2.24, 2.45) is 0 Å². The van der Waals surface area contributed by atoms with E-state index in [9.17, 15) is 4.79 Å². The van der Waals surface area contributed by atoms with Crippen LogP contribution in [0.2, 0.25) is 5.02 Å². The Morgan fingerprint density at radius 2 is 2.00 bits per heavy atom. The largest absolute Gasteiger partial charge is 0.481 e. The van der Waals surface area contributed by atoms with E-state index in [2.05, 4.69) is 0 Å². The summed E-state index contributed by atoms with van der Waals surface area (Å²) < 4.78 is 1.99. The van der Waals surface area contributed by atoms with Gasteiger partial charge in [-0.25, -0.2) is 0 Å². The van der Waals surface area contributed by atoms with Crippen molar-refractivity contribution in [1.29, 1.82) is 0 Å². The van der Waals surface area contributed by atoms with Crippen LogP contribution >= 0.6 is 11.6 Å². The summed E-state index contributed by atoms with van der Waals surface area (Å²) in [5, 5.41) is 9.54. The molecule has 3 nitrogen and oxygen atoms in total. The lowest BCUT2D eigenvalue weighted by atomic mass is 10.2. The van der Waals surface area contributed by atoms with Crippen LogP contribution in [0, 0.1) is 13.8 Å². The third kappa shape index (κ3) is 2.27. The maximum atomic E-state index is 10.8. The number of nitrogens with zero attached hydrogens (tertiary/aromatic N) is 1. The highest BCUT2D eigenvalue weighted by molar-refractivity contribution is 6.32. The Bertz CT molecular complexity index is 602. The van der Waals surface area contributed by atoms with Gasteiger partial charge in [-0.15, -0.1) is 0 Å². The van der Waals surface area contributed by atoms with Gasteiger partial charge in [-0.3, -0.25) is 4.79 Å². The molecular weight excluding hydrogens is 250 g/mol. The molecule has 0 bridgehead atoms. The number of hydrogen-bond acceptors (Lipinski definition) is 1. The van der Waals surface area contributed by atoms with Gasteiger partial charge in [0.2, 0.25) is 0 Å². The maximum absolute atomic E-state index is 10.8. The molecule has 94 valence electrons. The van der Waals surface area contributed by atoms with Crippen LogP contribution < -0.4 is 0 Å². The van der Waals surface area contributed by atoms with Crippen molar-refractivity contribution in [3.8, 4) is 5.69 Å². The Hall–Kier alpha value is -1.74. The van der Waals surface area contributed by atoms with Crippen molar-refractivity contribution in [1.82, 2.24) is 4.57 Å². The second-order valence-corrected chi connectivity index (χ2v) is 4.66. The monoisotopic (exact) mass is 263 g/mol. The average molecular weight is 264 g/mol. The predicted octanol–water partition coefficient (Wildman–Crippen LogP) is 3.37. The number of carboxylic acid groups (broad SMARTS) is 1. The number of halogens is 1. The van der Waals surface area contributed by atoms with Gasteiger partial charge >= 0.3 is 5.97 Å². The van der Waals surface area contributed by atoms with Crippen LogP contribution in [-0.2, 0) is 11.2 Å². The fourth-order valence-electron chi connectivity index (χ4n) is 2.17. The number of para-hydroxylation sites is 1. The van der Waals surface area contributed by atoms with E-state index in [1.165, 1.54) is 0 Å². The number of carboxylic acids is 1. The number of rotatable bonds is 3. The molecule has 0 fully saturated rings. The summed E-state index contributed by atoms with van der Waals surface area (Å²) >= 11 is 6.18. The Labute approximate surface area is 111 Å². The number of hydrogen-bond donors (Lipinski definition) is 1. The van der Waals surface area contributed by atoms with Crippen LogP contribution in [0.3, 0.4) is 0 Å². The third-order valence-corrected chi connectivity index (χ3v) is 3.29. The van der Waals surface area contributed by atoms with Crippen LogP contribution in [0.1, 0.15) is 17.0 Å². The molecule has 0 aliphatic carbocycles. The number of aromatic nitrogens is 1. The van der Waals surface area contributed by atoms with Gasteiger partial charge in [0, 0.05) is 11.4 Å². The van der Waals surface area contributed by atoms with Gasteiger partial charge in [0.25, 0.3) is 0 Å². The van der Waals surface area contributed by atoms with E-state index < -0.39 is 5.97 Å². The Kier molecular flexibility index (Phi) is 3.43. The molecule has 0 amide bonds. The van der Waals surface area contributed by atoms with Crippen LogP contribution in [-0.4, -0.2) is 15.6 Å². The zero-order valence-corrected chi connectivity index (χ0v) is 11.0. The molecule has 0 saturated carbocycles. The number of aryl methyl sites for hydroxylation is 1. The lowest BCUT2D eigenvalue weighted by Crippen LogP contribution is -2.03. The molecule has 1 N–H and O–H groups in total. The van der Waals surface area contributed by atoms with Crippen molar-refractivity contribution >= 4 is 17.6 Å². The quantitative estimate of drug-likeness (QED) is 0.922. The summed E-state index contributed by atoms with van der Waals surface area (Å²) in [6.45, 7) is 3.86. The summed E-state index contributed by atoms with van der Waals surface area (Å²) in [4.78, 5) is 10.8. The van der Waals surface area contributed by atoms with E-state index in [1.54, 1.807) is 0 Å². The molecule has 0 radical (unpaired) electrons. The molecule has 0 aliphatic rings. The Morgan fingerprint density at radius 3 is 2.61 bits per heavy atom. The molecule has 2 aromatic rings. The molecule has 1 aromatic heterocycles. The minimum atomic E-state index is -0.825. The van der Waals surface area contributed by atoms with E-state index >= 15 is 0 Å². The van der Waals surface area contributed by atoms with Crippen molar-refractivity contribution in [2.75, 3.05) is 0 Å². The van der Waals surface area contributed by atoms with Gasteiger partial charge in [-0.05, 0) is 37.6 Å². The van der Waals surface area contributed by atoms with Gasteiger partial charge in [-0.1, -0.05) is 23.7 Å². The second-order valence-electron chi connectivity index (χ2n) is 4.25. The number of benzene rings is 1. The number of aliphatic carboxylic acids is 1. The highest BCUT2D eigenvalue weighted by Gasteiger charge is 2.14. The molecule has 1 heterocycles. The van der Waals surface area contributed by atoms with Crippen LogP contribution in [0.25, 0.3) is 5.69 Å². The van der Waals surface area contributed by atoms with Crippen LogP contribution in [0.4, 0.5) is 0 Å². The summed E-state index contributed by atoms with van der Waals surface area (Å²) in [5.41, 5.74) is 3.60. The lowest BCUT2D eigenvalue weighted by molar-refractivity contribution is -0.136. The van der Waals surface area contributed by atoms with E-state index in [4.69, 9.17) is 16.7 Å². The molecule has 1 aromatic carbocycles. The molecule has 4 heteroatoms. The van der Waals surface area contributed by atoms with Crippen molar-refractivity contribution < 1.29 is 9.90 Å². The molecule has 0 unspecified atom stereocenters. The maximum Gasteiger partial charge on any atom is 0.307 e. The fourth-order valence-corrected chi connectivity index (χ4v) is 2.40. The molecule has 18 heavy (non-hydrogen) atoms. The first kappa shape index (κ1) is 12.7. The zero-order valence-electron chi connectivity index (χ0n) is 10.3. The first-order valence-electron chi connectivity index (χ1n) is 5.65. The van der Waals surface area contributed by atoms with Gasteiger partial charge in [0.05, 0.1) is 17.1 Å². The van der Waals surface area contributed by atoms with Gasteiger partial charge in [0.15, 0.2) is 0 Å². The summed E-state index contributed by atoms with van der Waals surface area (Å²) in [5.74, 6) is -0.825. The standard InChI is InChI=1S/C14H14ClNO2/c1-9-7-11(8-14(17)18)10(2)16(9)13-6-4-3-5-12(13)15/h3-7H,8H2,1-2H3,(H,17,18).